The summed E-state index contributed by atoms with van der Waals surface area (Å²) >= 11 is 0. The van der Waals surface area contributed by atoms with E-state index in [-0.39, 0.29) is 10.6 Å². The lowest BCUT2D eigenvalue weighted by Gasteiger charge is -2.08. The number of sulfonamides is 1. The average molecular weight is 267 g/mol. The first-order chi connectivity index (χ1) is 8.36. The molecular weight excluding hydrogens is 254 g/mol. The van der Waals surface area contributed by atoms with Gasteiger partial charge in [-0.25, -0.2) is 13.6 Å². The zero-order valence-corrected chi connectivity index (χ0v) is 10.5. The molecule has 18 heavy (non-hydrogen) atoms. The van der Waals surface area contributed by atoms with E-state index in [0.717, 1.165) is 0 Å². The Balaban J connectivity index is 2.31. The lowest BCUT2D eigenvalue weighted by Crippen LogP contribution is -2.12. The maximum Gasteiger partial charge on any atom is 0.238 e. The molecule has 5 N–H and O–H groups in total. The Labute approximate surface area is 104 Å². The number of hydrogen-bond acceptors (Lipinski definition) is 5. The number of hydrogen-bond donors (Lipinski definition) is 3. The largest absolute Gasteiger partial charge is 0.397 e. The molecule has 0 aliphatic heterocycles. The Morgan fingerprint density at radius 3 is 2.56 bits per heavy atom. The van der Waals surface area contributed by atoms with Crippen molar-refractivity contribution in [1.82, 2.24) is 9.78 Å². The van der Waals surface area contributed by atoms with Crippen molar-refractivity contribution in [2.75, 3.05) is 11.1 Å². The lowest BCUT2D eigenvalue weighted by molar-refractivity contribution is 0.598. The van der Waals surface area contributed by atoms with E-state index in [0.29, 0.717) is 11.5 Å². The molecule has 8 heteroatoms. The summed E-state index contributed by atoms with van der Waals surface area (Å²) in [6.07, 6.45) is 1.78. The van der Waals surface area contributed by atoms with Crippen molar-refractivity contribution >= 4 is 27.2 Å². The monoisotopic (exact) mass is 267 g/mol. The Kier molecular flexibility index (Phi) is 2.97. The van der Waals surface area contributed by atoms with Crippen LogP contribution >= 0.6 is 0 Å². The van der Waals surface area contributed by atoms with E-state index in [1.54, 1.807) is 30.1 Å². The molecule has 1 aromatic heterocycles. The van der Waals surface area contributed by atoms with Crippen LogP contribution in [0, 0.1) is 0 Å². The van der Waals surface area contributed by atoms with Gasteiger partial charge >= 0.3 is 0 Å². The second-order valence-corrected chi connectivity index (χ2v) is 5.36. The Hall–Kier alpha value is -2.06. The third-order valence-corrected chi connectivity index (χ3v) is 3.24. The predicted molar refractivity (Wildman–Crippen MR) is 68.7 cm³/mol. The normalized spacial score (nSPS) is 11.4. The highest BCUT2D eigenvalue weighted by Crippen LogP contribution is 2.24. The molecule has 0 saturated heterocycles. The molecule has 0 aliphatic carbocycles. The van der Waals surface area contributed by atoms with Crippen LogP contribution in [0.5, 0.6) is 0 Å². The van der Waals surface area contributed by atoms with Gasteiger partial charge in [0.15, 0.2) is 5.82 Å². The zero-order chi connectivity index (χ0) is 13.3. The van der Waals surface area contributed by atoms with Crippen LogP contribution in [0.3, 0.4) is 0 Å². The topological polar surface area (TPSA) is 116 Å². The van der Waals surface area contributed by atoms with E-state index >= 15 is 0 Å². The molecule has 0 fully saturated rings. The molecule has 1 aromatic carbocycles. The van der Waals surface area contributed by atoms with Crippen molar-refractivity contribution in [3.05, 3.63) is 30.5 Å². The minimum absolute atomic E-state index is 0.0217. The second kappa shape index (κ2) is 4.31. The summed E-state index contributed by atoms with van der Waals surface area (Å²) in [5.41, 5.74) is 6.61. The first kappa shape index (κ1) is 12.4. The van der Waals surface area contributed by atoms with Gasteiger partial charge in [-0.2, -0.15) is 5.10 Å². The average Bonchev–Trinajstić information content (AvgIpc) is 2.65. The van der Waals surface area contributed by atoms with Crippen molar-refractivity contribution in [3.8, 4) is 0 Å². The summed E-state index contributed by atoms with van der Waals surface area (Å²) in [6.45, 7) is 0. The van der Waals surface area contributed by atoms with E-state index in [4.69, 9.17) is 10.9 Å². The van der Waals surface area contributed by atoms with E-state index in [1.807, 2.05) is 0 Å². The summed E-state index contributed by atoms with van der Waals surface area (Å²) in [5, 5.41) is 12.1. The molecule has 0 spiro atoms. The fourth-order valence-electron chi connectivity index (χ4n) is 1.45. The molecule has 0 bridgehead atoms. The maximum atomic E-state index is 11.1. The van der Waals surface area contributed by atoms with Crippen LogP contribution in [-0.2, 0) is 17.1 Å². The number of nitrogens with zero attached hydrogens (tertiary/aromatic N) is 2. The number of anilines is 3. The molecule has 1 heterocycles. The molecule has 0 radical (unpaired) electrons. The van der Waals surface area contributed by atoms with Crippen molar-refractivity contribution in [3.63, 3.8) is 0 Å². The van der Waals surface area contributed by atoms with Crippen LogP contribution < -0.4 is 16.2 Å². The Bertz CT molecular complexity index is 677. The Morgan fingerprint density at radius 1 is 1.33 bits per heavy atom. The van der Waals surface area contributed by atoms with Gasteiger partial charge in [0.05, 0.1) is 16.3 Å². The zero-order valence-electron chi connectivity index (χ0n) is 9.66. The minimum Gasteiger partial charge on any atom is -0.397 e. The fourth-order valence-corrected chi connectivity index (χ4v) is 2.00. The minimum atomic E-state index is -3.74. The van der Waals surface area contributed by atoms with Crippen LogP contribution in [0.4, 0.5) is 17.2 Å². The number of nitrogens with one attached hydrogen (secondary N) is 1. The van der Waals surface area contributed by atoms with Gasteiger partial charge in [-0.3, -0.25) is 4.68 Å². The first-order valence-electron chi connectivity index (χ1n) is 5.05. The number of aromatic nitrogens is 2. The van der Waals surface area contributed by atoms with E-state index in [2.05, 4.69) is 10.4 Å². The smallest absolute Gasteiger partial charge is 0.238 e. The van der Waals surface area contributed by atoms with Crippen LogP contribution in [0.15, 0.2) is 35.4 Å². The second-order valence-electron chi connectivity index (χ2n) is 3.79. The molecular formula is C10H13N5O2S. The summed E-state index contributed by atoms with van der Waals surface area (Å²) in [7, 11) is -1.95. The highest BCUT2D eigenvalue weighted by atomic mass is 32.2. The third-order valence-electron chi connectivity index (χ3n) is 2.33. The Morgan fingerprint density at radius 2 is 2.06 bits per heavy atom. The van der Waals surface area contributed by atoms with Crippen LogP contribution in [0.2, 0.25) is 0 Å². The molecule has 0 aliphatic rings. The van der Waals surface area contributed by atoms with Crippen molar-refractivity contribution < 1.29 is 8.42 Å². The van der Waals surface area contributed by atoms with E-state index in [1.165, 1.54) is 12.1 Å². The highest BCUT2D eigenvalue weighted by Gasteiger charge is 2.10. The molecule has 2 rings (SSSR count). The quantitative estimate of drug-likeness (QED) is 0.696. The van der Waals surface area contributed by atoms with E-state index < -0.39 is 10.0 Å². The molecule has 0 unspecified atom stereocenters. The number of nitrogens with two attached hydrogens (primary N) is 2. The number of aryl methyl sites for hydroxylation is 1. The maximum absolute atomic E-state index is 11.1. The SMILES string of the molecule is Cn1ccc(Nc2ccc(S(N)(=O)=O)cc2N)n1. The first-order valence-corrected chi connectivity index (χ1v) is 6.60. The molecule has 0 saturated carbocycles. The molecule has 0 amide bonds. The molecule has 2 aromatic rings. The van der Waals surface area contributed by atoms with Gasteiger partial charge in [0.25, 0.3) is 0 Å². The molecule has 96 valence electrons. The summed E-state index contributed by atoms with van der Waals surface area (Å²) in [4.78, 5) is -0.0217. The molecule has 0 atom stereocenters. The van der Waals surface area contributed by atoms with Gasteiger partial charge in [-0.1, -0.05) is 0 Å². The third kappa shape index (κ3) is 2.60. The molecule has 7 nitrogen and oxygen atoms in total. The number of rotatable bonds is 3. The van der Waals surface area contributed by atoms with Gasteiger partial charge in [-0.05, 0) is 18.2 Å². The predicted octanol–water partition coefficient (Wildman–Crippen LogP) is 0.393. The van der Waals surface area contributed by atoms with Crippen LogP contribution in [0.25, 0.3) is 0 Å². The van der Waals surface area contributed by atoms with Gasteiger partial charge in [-0.15, -0.1) is 0 Å². The number of primary sulfonamides is 1. The highest BCUT2D eigenvalue weighted by molar-refractivity contribution is 7.89. The van der Waals surface area contributed by atoms with Crippen LogP contribution in [0.1, 0.15) is 0 Å². The van der Waals surface area contributed by atoms with Gasteiger partial charge in [0.2, 0.25) is 10.0 Å². The van der Waals surface area contributed by atoms with Crippen molar-refractivity contribution in [2.24, 2.45) is 12.2 Å². The van der Waals surface area contributed by atoms with Gasteiger partial charge in [0.1, 0.15) is 0 Å². The summed E-state index contributed by atoms with van der Waals surface area (Å²) < 4.78 is 23.9. The number of benzene rings is 1. The van der Waals surface area contributed by atoms with Gasteiger partial charge in [0, 0.05) is 19.3 Å². The lowest BCUT2D eigenvalue weighted by atomic mass is 10.2. The van der Waals surface area contributed by atoms with Crippen LogP contribution in [-0.4, -0.2) is 18.2 Å². The van der Waals surface area contributed by atoms with E-state index in [9.17, 15) is 8.42 Å². The van der Waals surface area contributed by atoms with Crippen molar-refractivity contribution in [2.45, 2.75) is 4.90 Å². The fraction of sp³-hybridized carbons (Fsp3) is 0.100. The summed E-state index contributed by atoms with van der Waals surface area (Å²) in [5.74, 6) is 0.618. The standard InChI is InChI=1S/C10H13N5O2S/c1-15-5-4-10(14-15)13-9-3-2-7(6-8(9)11)18(12,16)17/h2-6H,11H2,1H3,(H,13,14)(H2,12,16,17). The van der Waals surface area contributed by atoms with Crippen molar-refractivity contribution in [1.29, 1.82) is 0 Å². The van der Waals surface area contributed by atoms with Gasteiger partial charge < -0.3 is 11.1 Å². The summed E-state index contributed by atoms with van der Waals surface area (Å²) in [6, 6.07) is 6.01. The number of nitrogen functional groups attached to an aromatic ring is 1.